The Morgan fingerprint density at radius 2 is 2.00 bits per heavy atom. The molecular weight excluding hydrogens is 286 g/mol. The Morgan fingerprint density at radius 3 is 2.65 bits per heavy atom. The molecule has 1 heterocycles. The van der Waals surface area contributed by atoms with Gasteiger partial charge in [0.1, 0.15) is 0 Å². The van der Waals surface area contributed by atoms with Crippen LogP contribution >= 0.6 is 0 Å². The molecule has 23 heavy (non-hydrogen) atoms. The van der Waals surface area contributed by atoms with Gasteiger partial charge in [0.15, 0.2) is 0 Å². The van der Waals surface area contributed by atoms with Gasteiger partial charge in [-0.25, -0.2) is 0 Å². The average Bonchev–Trinajstić information content (AvgIpc) is 2.56. The van der Waals surface area contributed by atoms with Crippen LogP contribution in [0.2, 0.25) is 0 Å². The first kappa shape index (κ1) is 18.0. The number of benzene rings is 1. The number of carbonyl (C=O) groups is 1. The molecule has 0 bridgehead atoms. The largest absolute Gasteiger partial charge is 0.343 e. The maximum absolute atomic E-state index is 12.4. The molecule has 0 spiro atoms. The number of likely N-dealkylation sites (tertiary alicyclic amines) is 1. The molecule has 2 unspecified atom stereocenters. The number of nitrogens with two attached hydrogens (primary N) is 1. The lowest BCUT2D eigenvalue weighted by molar-refractivity contribution is -0.133. The predicted octanol–water partition coefficient (Wildman–Crippen LogP) is 2.48. The van der Waals surface area contributed by atoms with E-state index in [1.165, 1.54) is 18.4 Å². The van der Waals surface area contributed by atoms with Crippen LogP contribution in [0.15, 0.2) is 30.3 Å². The Labute approximate surface area is 140 Å². The van der Waals surface area contributed by atoms with E-state index >= 15 is 0 Å². The zero-order valence-corrected chi connectivity index (χ0v) is 14.7. The van der Waals surface area contributed by atoms with Crippen molar-refractivity contribution in [3.63, 3.8) is 0 Å². The predicted molar refractivity (Wildman–Crippen MR) is 94.9 cm³/mol. The molecule has 0 aliphatic carbocycles. The lowest BCUT2D eigenvalue weighted by Gasteiger charge is -2.38. The van der Waals surface area contributed by atoms with Crippen molar-refractivity contribution in [1.82, 2.24) is 9.80 Å². The number of amides is 1. The van der Waals surface area contributed by atoms with Gasteiger partial charge >= 0.3 is 0 Å². The maximum atomic E-state index is 12.4. The van der Waals surface area contributed by atoms with Gasteiger partial charge in [0.25, 0.3) is 0 Å². The van der Waals surface area contributed by atoms with Gasteiger partial charge < -0.3 is 10.6 Å². The third kappa shape index (κ3) is 5.05. The van der Waals surface area contributed by atoms with E-state index in [-0.39, 0.29) is 11.8 Å². The molecule has 0 saturated carbocycles. The second kappa shape index (κ2) is 8.46. The van der Waals surface area contributed by atoms with E-state index in [0.717, 1.165) is 26.1 Å². The molecule has 1 amide bonds. The summed E-state index contributed by atoms with van der Waals surface area (Å²) in [6.07, 6.45) is 3.64. The Balaban J connectivity index is 1.97. The molecule has 4 nitrogen and oxygen atoms in total. The first-order chi connectivity index (χ1) is 11.0. The van der Waals surface area contributed by atoms with E-state index in [9.17, 15) is 4.79 Å². The normalized spacial score (nSPS) is 20.5. The van der Waals surface area contributed by atoms with Gasteiger partial charge in [-0.3, -0.25) is 9.69 Å². The molecular formula is C19H31N3O. The third-order valence-corrected chi connectivity index (χ3v) is 4.84. The summed E-state index contributed by atoms with van der Waals surface area (Å²) in [5.74, 6) is 0.238. The maximum Gasteiger partial charge on any atom is 0.239 e. The van der Waals surface area contributed by atoms with Crippen LogP contribution in [0.1, 0.15) is 38.7 Å². The lowest BCUT2D eigenvalue weighted by atomic mass is 9.99. The SMILES string of the molecule is CC(C)C(N)C(=O)N(C)CC1CCCCN1Cc1ccccc1. The molecule has 0 aromatic heterocycles. The molecule has 128 valence electrons. The second-order valence-corrected chi connectivity index (χ2v) is 7.09. The number of likely N-dealkylation sites (N-methyl/N-ethyl adjacent to an activating group) is 1. The molecule has 1 aliphatic rings. The van der Waals surface area contributed by atoms with Gasteiger partial charge in [-0.1, -0.05) is 50.6 Å². The van der Waals surface area contributed by atoms with Crippen LogP contribution in [0, 0.1) is 5.92 Å². The number of nitrogens with zero attached hydrogens (tertiary/aromatic N) is 2. The number of rotatable bonds is 6. The highest BCUT2D eigenvalue weighted by atomic mass is 16.2. The second-order valence-electron chi connectivity index (χ2n) is 7.09. The van der Waals surface area contributed by atoms with Gasteiger partial charge in [0.2, 0.25) is 5.91 Å². The molecule has 1 fully saturated rings. The van der Waals surface area contributed by atoms with Crippen molar-refractivity contribution in [3.05, 3.63) is 35.9 Å². The molecule has 2 atom stereocenters. The number of hydrogen-bond acceptors (Lipinski definition) is 3. The first-order valence-electron chi connectivity index (χ1n) is 8.77. The van der Waals surface area contributed by atoms with Crippen LogP contribution < -0.4 is 5.73 Å². The minimum Gasteiger partial charge on any atom is -0.343 e. The molecule has 1 aromatic carbocycles. The molecule has 1 saturated heterocycles. The summed E-state index contributed by atoms with van der Waals surface area (Å²) >= 11 is 0. The van der Waals surface area contributed by atoms with Crippen molar-refractivity contribution in [2.45, 2.75) is 51.7 Å². The molecule has 2 N–H and O–H groups in total. The highest BCUT2D eigenvalue weighted by molar-refractivity contribution is 5.81. The van der Waals surface area contributed by atoms with Gasteiger partial charge in [-0.2, -0.15) is 0 Å². The summed E-state index contributed by atoms with van der Waals surface area (Å²) in [4.78, 5) is 16.8. The Bertz CT molecular complexity index is 489. The molecule has 4 heteroatoms. The number of hydrogen-bond donors (Lipinski definition) is 1. The fraction of sp³-hybridized carbons (Fsp3) is 0.632. The lowest BCUT2D eigenvalue weighted by Crippen LogP contribution is -2.51. The van der Waals surface area contributed by atoms with Crippen LogP contribution in [0.3, 0.4) is 0 Å². The Morgan fingerprint density at radius 1 is 1.30 bits per heavy atom. The molecule has 2 rings (SSSR count). The summed E-state index contributed by atoms with van der Waals surface area (Å²) < 4.78 is 0. The minimum atomic E-state index is -0.397. The fourth-order valence-corrected chi connectivity index (χ4v) is 3.24. The van der Waals surface area contributed by atoms with Crippen LogP contribution in [0.25, 0.3) is 0 Å². The monoisotopic (exact) mass is 317 g/mol. The summed E-state index contributed by atoms with van der Waals surface area (Å²) in [5, 5.41) is 0. The van der Waals surface area contributed by atoms with Crippen LogP contribution in [0.4, 0.5) is 0 Å². The van der Waals surface area contributed by atoms with E-state index < -0.39 is 6.04 Å². The van der Waals surface area contributed by atoms with E-state index in [2.05, 4.69) is 35.2 Å². The van der Waals surface area contributed by atoms with Crippen LogP contribution in [0.5, 0.6) is 0 Å². The number of piperidine rings is 1. The molecule has 1 aromatic rings. The van der Waals surface area contributed by atoms with E-state index in [1.807, 2.05) is 25.8 Å². The zero-order chi connectivity index (χ0) is 16.8. The summed E-state index contributed by atoms with van der Waals surface area (Å²) in [6, 6.07) is 10.6. The molecule has 1 aliphatic heterocycles. The standard InChI is InChI=1S/C19H31N3O/c1-15(2)18(20)19(23)21(3)14-17-11-7-8-12-22(17)13-16-9-5-4-6-10-16/h4-6,9-10,15,17-18H,7-8,11-14,20H2,1-3H3. The first-order valence-corrected chi connectivity index (χ1v) is 8.77. The Hall–Kier alpha value is -1.39. The highest BCUT2D eigenvalue weighted by Crippen LogP contribution is 2.20. The van der Waals surface area contributed by atoms with Gasteiger partial charge in [-0.15, -0.1) is 0 Å². The quantitative estimate of drug-likeness (QED) is 0.877. The van der Waals surface area contributed by atoms with Gasteiger partial charge in [0.05, 0.1) is 6.04 Å². The van der Waals surface area contributed by atoms with Crippen LogP contribution in [-0.2, 0) is 11.3 Å². The van der Waals surface area contributed by atoms with E-state index in [1.54, 1.807) is 0 Å². The smallest absolute Gasteiger partial charge is 0.239 e. The van der Waals surface area contributed by atoms with Crippen molar-refractivity contribution in [2.24, 2.45) is 11.7 Å². The summed E-state index contributed by atoms with van der Waals surface area (Å²) in [5.41, 5.74) is 7.36. The van der Waals surface area contributed by atoms with E-state index in [0.29, 0.717) is 6.04 Å². The zero-order valence-electron chi connectivity index (χ0n) is 14.7. The number of carbonyl (C=O) groups excluding carboxylic acids is 1. The van der Waals surface area contributed by atoms with Crippen LogP contribution in [-0.4, -0.2) is 47.9 Å². The minimum absolute atomic E-state index is 0.0604. The highest BCUT2D eigenvalue weighted by Gasteiger charge is 2.27. The summed E-state index contributed by atoms with van der Waals surface area (Å²) in [7, 11) is 1.89. The molecule has 0 radical (unpaired) electrons. The van der Waals surface area contributed by atoms with Gasteiger partial charge in [-0.05, 0) is 30.9 Å². The van der Waals surface area contributed by atoms with Crippen molar-refractivity contribution >= 4 is 5.91 Å². The fourth-order valence-electron chi connectivity index (χ4n) is 3.24. The van der Waals surface area contributed by atoms with Crippen molar-refractivity contribution in [3.8, 4) is 0 Å². The Kier molecular flexibility index (Phi) is 6.60. The average molecular weight is 317 g/mol. The van der Waals surface area contributed by atoms with E-state index in [4.69, 9.17) is 5.73 Å². The third-order valence-electron chi connectivity index (χ3n) is 4.84. The van der Waals surface area contributed by atoms with Crippen molar-refractivity contribution < 1.29 is 4.79 Å². The summed E-state index contributed by atoms with van der Waals surface area (Å²) in [6.45, 7) is 6.84. The van der Waals surface area contributed by atoms with Crippen molar-refractivity contribution in [2.75, 3.05) is 20.1 Å². The van der Waals surface area contributed by atoms with Gasteiger partial charge in [0, 0.05) is 26.2 Å². The van der Waals surface area contributed by atoms with Crippen molar-refractivity contribution in [1.29, 1.82) is 0 Å². The topological polar surface area (TPSA) is 49.6 Å².